The predicted molar refractivity (Wildman–Crippen MR) is 126 cm³/mol. The molecule has 1 N–H and O–H groups in total. The summed E-state index contributed by atoms with van der Waals surface area (Å²) in [6.45, 7) is 3.05. The number of aromatic nitrogens is 1. The highest BCUT2D eigenvalue weighted by molar-refractivity contribution is 9.10. The van der Waals surface area contributed by atoms with Crippen LogP contribution in [0.15, 0.2) is 41.0 Å². The van der Waals surface area contributed by atoms with Crippen molar-refractivity contribution in [3.8, 4) is 0 Å². The Hall–Kier alpha value is -3.27. The third-order valence-electron chi connectivity index (χ3n) is 6.07. The summed E-state index contributed by atoms with van der Waals surface area (Å²) in [7, 11) is 1.51. The first kappa shape index (κ1) is 22.9. The number of hydrogen-bond acceptors (Lipinski definition) is 7. The number of nitrogens with zero attached hydrogens (tertiary/aromatic N) is 4. The minimum Gasteiger partial charge on any atom is -0.368 e. The summed E-state index contributed by atoms with van der Waals surface area (Å²) in [5.41, 5.74) is 1.37. The lowest BCUT2D eigenvalue weighted by molar-refractivity contribution is -0.136. The van der Waals surface area contributed by atoms with Crippen LogP contribution in [0, 0.1) is 0 Å². The lowest BCUT2D eigenvalue weighted by Crippen LogP contribution is -2.53. The Kier molecular flexibility index (Phi) is 6.73. The molecule has 1 aromatic carbocycles. The van der Waals surface area contributed by atoms with Gasteiger partial charge < -0.3 is 14.7 Å². The lowest BCUT2D eigenvalue weighted by Gasteiger charge is -2.37. The topological polar surface area (TPSA) is 103 Å². The molecule has 2 aliphatic rings. The lowest BCUT2D eigenvalue weighted by atomic mass is 10.0. The minimum atomic E-state index is -0.742. The number of nitrogens with one attached hydrogen (secondary N) is 1. The van der Waals surface area contributed by atoms with Crippen molar-refractivity contribution in [2.75, 3.05) is 43.0 Å². The number of pyridine rings is 1. The van der Waals surface area contributed by atoms with E-state index in [9.17, 15) is 19.2 Å². The number of carbonyl (C=O) groups is 4. The van der Waals surface area contributed by atoms with E-state index in [1.165, 1.54) is 11.9 Å². The number of likely N-dealkylation sites (N-methyl/N-ethyl adjacent to an activating group) is 1. The fraction of sp³-hybridized carbons (Fsp3) is 0.348. The van der Waals surface area contributed by atoms with E-state index in [2.05, 4.69) is 36.0 Å². The van der Waals surface area contributed by atoms with E-state index >= 15 is 0 Å². The maximum Gasteiger partial charge on any atom is 0.255 e. The molecule has 1 unspecified atom stereocenters. The molecule has 2 aliphatic heterocycles. The maximum atomic E-state index is 13.0. The second-order valence-electron chi connectivity index (χ2n) is 8.08. The molecule has 0 spiro atoms. The molecular formula is C23H24BrN5O4. The normalized spacial score (nSPS) is 18.7. The molecule has 2 aromatic rings. The molecule has 0 aliphatic carbocycles. The van der Waals surface area contributed by atoms with Gasteiger partial charge >= 0.3 is 0 Å². The fourth-order valence-corrected chi connectivity index (χ4v) is 4.51. The van der Waals surface area contributed by atoms with Crippen molar-refractivity contribution in [1.29, 1.82) is 0 Å². The van der Waals surface area contributed by atoms with Gasteiger partial charge in [-0.2, -0.15) is 0 Å². The Morgan fingerprint density at radius 3 is 2.55 bits per heavy atom. The largest absolute Gasteiger partial charge is 0.368 e. The average molecular weight is 514 g/mol. The Morgan fingerprint density at radius 2 is 1.88 bits per heavy atom. The van der Waals surface area contributed by atoms with Gasteiger partial charge in [0.2, 0.25) is 11.8 Å². The number of halogens is 1. The van der Waals surface area contributed by atoms with Crippen molar-refractivity contribution in [2.24, 2.45) is 0 Å². The van der Waals surface area contributed by atoms with Crippen LogP contribution in [0.1, 0.15) is 33.6 Å². The highest BCUT2D eigenvalue weighted by Crippen LogP contribution is 2.24. The molecule has 1 atom stereocenters. The van der Waals surface area contributed by atoms with Crippen molar-refractivity contribution in [2.45, 2.75) is 18.9 Å². The van der Waals surface area contributed by atoms with Crippen LogP contribution >= 0.6 is 15.9 Å². The van der Waals surface area contributed by atoms with E-state index in [1.54, 1.807) is 18.3 Å². The van der Waals surface area contributed by atoms with E-state index in [0.717, 1.165) is 42.2 Å². The molecule has 4 rings (SSSR count). The molecule has 1 aromatic heterocycles. The second kappa shape index (κ2) is 9.70. The van der Waals surface area contributed by atoms with Crippen molar-refractivity contribution in [3.05, 3.63) is 52.1 Å². The van der Waals surface area contributed by atoms with Crippen molar-refractivity contribution in [1.82, 2.24) is 15.2 Å². The number of amides is 3. The smallest absolute Gasteiger partial charge is 0.255 e. The quantitative estimate of drug-likeness (QED) is 0.480. The number of piperazine rings is 1. The number of aldehydes is 1. The van der Waals surface area contributed by atoms with E-state index in [0.29, 0.717) is 6.29 Å². The van der Waals surface area contributed by atoms with Crippen LogP contribution in [0.4, 0.5) is 11.5 Å². The number of rotatable bonds is 5. The molecule has 3 heterocycles. The Bertz CT molecular complexity index is 1100. The molecular weight excluding hydrogens is 490 g/mol. The summed E-state index contributed by atoms with van der Waals surface area (Å²) in [5, 5.41) is 2.26. The van der Waals surface area contributed by atoms with Crippen molar-refractivity contribution < 1.29 is 19.2 Å². The molecule has 3 amide bonds. The summed E-state index contributed by atoms with van der Waals surface area (Å²) in [5.74, 6) is -0.353. The third-order valence-corrected chi connectivity index (χ3v) is 6.56. The molecule has 10 heteroatoms. The van der Waals surface area contributed by atoms with E-state index in [4.69, 9.17) is 0 Å². The van der Waals surface area contributed by atoms with Gasteiger partial charge in [0.15, 0.2) is 6.29 Å². The molecule has 0 bridgehead atoms. The van der Waals surface area contributed by atoms with E-state index < -0.39 is 17.9 Å². The van der Waals surface area contributed by atoms with E-state index in [-0.39, 0.29) is 29.9 Å². The monoisotopic (exact) mass is 513 g/mol. The van der Waals surface area contributed by atoms with Gasteiger partial charge in [0.05, 0.1) is 5.56 Å². The van der Waals surface area contributed by atoms with Crippen LogP contribution in [-0.2, 0) is 9.59 Å². The molecule has 172 valence electrons. The van der Waals surface area contributed by atoms with Gasteiger partial charge in [0.25, 0.3) is 5.91 Å². The molecule has 0 radical (unpaired) electrons. The van der Waals surface area contributed by atoms with Gasteiger partial charge in [0, 0.05) is 61.6 Å². The highest BCUT2D eigenvalue weighted by atomic mass is 79.9. The summed E-state index contributed by atoms with van der Waals surface area (Å²) < 4.78 is 0.980. The summed E-state index contributed by atoms with van der Waals surface area (Å²) in [4.78, 5) is 58.5. The second-order valence-corrected chi connectivity index (χ2v) is 8.99. The van der Waals surface area contributed by atoms with Crippen molar-refractivity contribution >= 4 is 51.4 Å². The standard InChI is InChI=1S/C23H24BrN5O4/c1-27(19-4-5-21(31)26-22(19)32)23(33)18-3-2-17(12-15(18)14-30)28-8-10-29(11-9-28)20-13-16(24)6-7-25-20/h2-3,6-7,12-14,19H,4-5,8-11H2,1H3,(H,26,31,32). The molecule has 0 saturated carbocycles. The minimum absolute atomic E-state index is 0.176. The first-order valence-corrected chi connectivity index (χ1v) is 11.5. The number of anilines is 2. The van der Waals surface area contributed by atoms with Crippen LogP contribution in [0.5, 0.6) is 0 Å². The van der Waals surface area contributed by atoms with Crippen LogP contribution in [0.25, 0.3) is 0 Å². The number of benzene rings is 1. The van der Waals surface area contributed by atoms with Crippen LogP contribution in [0.3, 0.4) is 0 Å². The molecule has 2 saturated heterocycles. The number of piperidine rings is 1. The average Bonchev–Trinajstić information content (AvgIpc) is 2.83. The fourth-order valence-electron chi connectivity index (χ4n) is 4.18. The molecule has 9 nitrogen and oxygen atoms in total. The first-order valence-electron chi connectivity index (χ1n) is 10.7. The zero-order chi connectivity index (χ0) is 23.5. The number of hydrogen-bond donors (Lipinski definition) is 1. The molecule has 33 heavy (non-hydrogen) atoms. The van der Waals surface area contributed by atoms with E-state index in [1.807, 2.05) is 18.2 Å². The Balaban J connectivity index is 1.46. The van der Waals surface area contributed by atoms with Gasteiger partial charge in [0.1, 0.15) is 11.9 Å². The van der Waals surface area contributed by atoms with Crippen molar-refractivity contribution in [3.63, 3.8) is 0 Å². The van der Waals surface area contributed by atoms with Gasteiger partial charge in [-0.25, -0.2) is 4.98 Å². The Labute approximate surface area is 199 Å². The van der Waals surface area contributed by atoms with Crippen LogP contribution in [-0.4, -0.2) is 73.2 Å². The molecule has 2 fully saturated rings. The highest BCUT2D eigenvalue weighted by Gasteiger charge is 2.33. The van der Waals surface area contributed by atoms with Crippen LogP contribution < -0.4 is 15.1 Å². The van der Waals surface area contributed by atoms with Gasteiger partial charge in [-0.1, -0.05) is 15.9 Å². The Morgan fingerprint density at radius 1 is 1.15 bits per heavy atom. The van der Waals surface area contributed by atoms with Crippen LogP contribution in [0.2, 0.25) is 0 Å². The zero-order valence-electron chi connectivity index (χ0n) is 18.2. The SMILES string of the molecule is CN(C(=O)c1ccc(N2CCN(c3cc(Br)ccn3)CC2)cc1C=O)C1CCC(=O)NC1=O. The summed E-state index contributed by atoms with van der Waals surface area (Å²) in [6, 6.07) is 8.30. The van der Waals surface area contributed by atoms with Gasteiger partial charge in [-0.05, 0) is 36.8 Å². The maximum absolute atomic E-state index is 13.0. The predicted octanol–water partition coefficient (Wildman–Crippen LogP) is 1.86. The summed E-state index contributed by atoms with van der Waals surface area (Å²) >= 11 is 3.47. The van der Waals surface area contributed by atoms with Gasteiger partial charge in [-0.3, -0.25) is 24.5 Å². The zero-order valence-corrected chi connectivity index (χ0v) is 19.7. The van der Waals surface area contributed by atoms with Gasteiger partial charge in [-0.15, -0.1) is 0 Å². The number of carbonyl (C=O) groups excluding carboxylic acids is 4. The third kappa shape index (κ3) is 4.90. The number of imide groups is 1. The summed E-state index contributed by atoms with van der Waals surface area (Å²) in [6.07, 6.45) is 2.87. The first-order chi connectivity index (χ1) is 15.9.